The molecule has 0 saturated heterocycles. The molecule has 2 aliphatic heterocycles. The molecule has 0 spiro atoms. The number of nitriles is 1. The second kappa shape index (κ2) is 12.2. The van der Waals surface area contributed by atoms with Gasteiger partial charge in [-0.05, 0) is 59.0 Å². The summed E-state index contributed by atoms with van der Waals surface area (Å²) in [5.74, 6) is 0. The minimum atomic E-state index is -0.258. The number of hydrogen-bond donors (Lipinski definition) is 0. The summed E-state index contributed by atoms with van der Waals surface area (Å²) < 4.78 is 12.3. The molecule has 0 aromatic heterocycles. The fourth-order valence-electron chi connectivity index (χ4n) is 3.47. The summed E-state index contributed by atoms with van der Waals surface area (Å²) in [6.07, 6.45) is 11.2. The number of halogens is 1. The van der Waals surface area contributed by atoms with E-state index < -0.39 is 0 Å². The Hall–Kier alpha value is -1.18. The van der Waals surface area contributed by atoms with E-state index in [1.165, 1.54) is 0 Å². The Labute approximate surface area is 154 Å². The molecule has 1 atom stereocenters. The van der Waals surface area contributed by atoms with Crippen molar-refractivity contribution in [2.24, 2.45) is 0 Å². The molecule has 2 aliphatic rings. The zero-order valence-electron chi connectivity index (χ0n) is 16.5. The van der Waals surface area contributed by atoms with E-state index in [0.717, 1.165) is 50.9 Å². The van der Waals surface area contributed by atoms with Crippen molar-refractivity contribution in [1.82, 2.24) is 9.80 Å². The summed E-state index contributed by atoms with van der Waals surface area (Å²) in [6, 6.07) is 3.86. The SMILES string of the molecule is CC(C)N1CCC=C(CF)CC1.CC(C)N1CCC=CCC1CC#N. The summed E-state index contributed by atoms with van der Waals surface area (Å²) in [6.45, 7) is 11.7. The van der Waals surface area contributed by atoms with Gasteiger partial charge in [0, 0.05) is 37.8 Å². The van der Waals surface area contributed by atoms with E-state index in [1.807, 2.05) is 0 Å². The van der Waals surface area contributed by atoms with E-state index in [9.17, 15) is 4.39 Å². The lowest BCUT2D eigenvalue weighted by atomic mass is 10.1. The minimum absolute atomic E-state index is 0.258. The number of rotatable bonds is 4. The molecule has 2 rings (SSSR count). The molecule has 0 bridgehead atoms. The van der Waals surface area contributed by atoms with E-state index in [1.54, 1.807) is 0 Å². The first-order chi connectivity index (χ1) is 12.0. The van der Waals surface area contributed by atoms with Crippen LogP contribution in [0.15, 0.2) is 23.8 Å². The molecule has 142 valence electrons. The minimum Gasteiger partial charge on any atom is -0.300 e. The molecule has 0 saturated carbocycles. The highest BCUT2D eigenvalue weighted by molar-refractivity contribution is 5.05. The van der Waals surface area contributed by atoms with E-state index in [4.69, 9.17) is 5.26 Å². The molecule has 25 heavy (non-hydrogen) atoms. The Morgan fingerprint density at radius 3 is 2.48 bits per heavy atom. The molecule has 0 aliphatic carbocycles. The lowest BCUT2D eigenvalue weighted by molar-refractivity contribution is 0.162. The monoisotopic (exact) mass is 349 g/mol. The Morgan fingerprint density at radius 1 is 1.12 bits per heavy atom. The van der Waals surface area contributed by atoms with Crippen LogP contribution >= 0.6 is 0 Å². The van der Waals surface area contributed by atoms with Crippen LogP contribution in [0.25, 0.3) is 0 Å². The van der Waals surface area contributed by atoms with Crippen molar-refractivity contribution in [1.29, 1.82) is 5.26 Å². The predicted octanol–water partition coefficient (Wildman–Crippen LogP) is 4.72. The van der Waals surface area contributed by atoms with Gasteiger partial charge < -0.3 is 4.90 Å². The zero-order chi connectivity index (χ0) is 18.7. The maximum Gasteiger partial charge on any atom is 0.111 e. The van der Waals surface area contributed by atoms with Crippen molar-refractivity contribution in [3.05, 3.63) is 23.8 Å². The first-order valence-electron chi connectivity index (χ1n) is 9.75. The van der Waals surface area contributed by atoms with E-state index in [2.05, 4.69) is 61.8 Å². The highest BCUT2D eigenvalue weighted by Crippen LogP contribution is 2.17. The van der Waals surface area contributed by atoms with Crippen molar-refractivity contribution >= 4 is 0 Å². The fourth-order valence-corrected chi connectivity index (χ4v) is 3.47. The van der Waals surface area contributed by atoms with Gasteiger partial charge in [0.2, 0.25) is 0 Å². The lowest BCUT2D eigenvalue weighted by Crippen LogP contribution is -2.39. The Balaban J connectivity index is 0.000000251. The van der Waals surface area contributed by atoms with Gasteiger partial charge in [-0.2, -0.15) is 5.26 Å². The van der Waals surface area contributed by atoms with Gasteiger partial charge in [-0.25, -0.2) is 4.39 Å². The zero-order valence-corrected chi connectivity index (χ0v) is 16.5. The third-order valence-corrected chi connectivity index (χ3v) is 5.06. The highest BCUT2D eigenvalue weighted by atomic mass is 19.1. The molecule has 0 radical (unpaired) electrons. The average Bonchev–Trinajstić information content (AvgIpc) is 2.96. The van der Waals surface area contributed by atoms with Gasteiger partial charge in [-0.15, -0.1) is 0 Å². The molecular weight excluding hydrogens is 313 g/mol. The maximum absolute atomic E-state index is 12.3. The molecule has 1 unspecified atom stereocenters. The van der Waals surface area contributed by atoms with E-state index in [-0.39, 0.29) is 6.67 Å². The summed E-state index contributed by atoms with van der Waals surface area (Å²) in [5, 5.41) is 8.71. The van der Waals surface area contributed by atoms with Crippen LogP contribution in [0.3, 0.4) is 0 Å². The number of nitrogens with zero attached hydrogens (tertiary/aromatic N) is 3. The van der Waals surface area contributed by atoms with Crippen LogP contribution in [0, 0.1) is 11.3 Å². The van der Waals surface area contributed by atoms with Crippen molar-refractivity contribution in [3.8, 4) is 6.07 Å². The quantitative estimate of drug-likeness (QED) is 0.688. The molecule has 3 nitrogen and oxygen atoms in total. The smallest absolute Gasteiger partial charge is 0.111 e. The van der Waals surface area contributed by atoms with Crippen molar-refractivity contribution in [2.75, 3.05) is 26.3 Å². The summed E-state index contributed by atoms with van der Waals surface area (Å²) in [7, 11) is 0. The maximum atomic E-state index is 12.3. The lowest BCUT2D eigenvalue weighted by Gasteiger charge is -2.31. The summed E-state index contributed by atoms with van der Waals surface area (Å²) in [4.78, 5) is 4.84. The van der Waals surface area contributed by atoms with Gasteiger partial charge in [0.1, 0.15) is 6.67 Å². The highest BCUT2D eigenvalue weighted by Gasteiger charge is 2.20. The first-order valence-corrected chi connectivity index (χ1v) is 9.75. The molecule has 0 aromatic carbocycles. The topological polar surface area (TPSA) is 30.3 Å². The largest absolute Gasteiger partial charge is 0.300 e. The second-order valence-corrected chi connectivity index (χ2v) is 7.51. The van der Waals surface area contributed by atoms with Gasteiger partial charge in [0.05, 0.1) is 12.5 Å². The van der Waals surface area contributed by atoms with Crippen LogP contribution in [-0.4, -0.2) is 54.2 Å². The van der Waals surface area contributed by atoms with Crippen molar-refractivity contribution in [3.63, 3.8) is 0 Å². The fraction of sp³-hybridized carbons (Fsp3) is 0.762. The Bertz CT molecular complexity index is 462. The number of hydrogen-bond acceptors (Lipinski definition) is 3. The van der Waals surface area contributed by atoms with Gasteiger partial charge in [0.15, 0.2) is 0 Å². The third-order valence-electron chi connectivity index (χ3n) is 5.06. The van der Waals surface area contributed by atoms with Crippen LogP contribution in [-0.2, 0) is 0 Å². The van der Waals surface area contributed by atoms with Gasteiger partial charge in [-0.1, -0.05) is 18.2 Å². The van der Waals surface area contributed by atoms with Crippen LogP contribution in [0.4, 0.5) is 4.39 Å². The predicted molar refractivity (Wildman–Crippen MR) is 104 cm³/mol. The molecule has 0 aromatic rings. The van der Waals surface area contributed by atoms with Crippen LogP contribution in [0.2, 0.25) is 0 Å². The van der Waals surface area contributed by atoms with Crippen molar-refractivity contribution < 1.29 is 4.39 Å². The molecular formula is C21H36FN3. The van der Waals surface area contributed by atoms with Gasteiger partial charge in [-0.3, -0.25) is 4.90 Å². The first kappa shape index (κ1) is 21.9. The third kappa shape index (κ3) is 8.16. The normalized spacial score (nSPS) is 22.6. The van der Waals surface area contributed by atoms with Crippen LogP contribution in [0.5, 0.6) is 0 Å². The molecule has 4 heteroatoms. The molecule has 2 heterocycles. The van der Waals surface area contributed by atoms with Crippen LogP contribution < -0.4 is 0 Å². The summed E-state index contributed by atoms with van der Waals surface area (Å²) >= 11 is 0. The van der Waals surface area contributed by atoms with Crippen LogP contribution in [0.1, 0.15) is 59.8 Å². The van der Waals surface area contributed by atoms with Gasteiger partial charge in [0.25, 0.3) is 0 Å². The standard InChI is InChI=1S/C11H18N2.C10H18FN/c1-10(2)13-9-5-3-4-6-11(13)7-8-12;1-9(2)12-6-3-4-10(8-11)5-7-12/h3-4,10-11H,5-7,9H2,1-2H3;4,9H,3,5-8H2,1-2H3. The number of alkyl halides is 1. The second-order valence-electron chi connectivity index (χ2n) is 7.51. The van der Waals surface area contributed by atoms with Crippen molar-refractivity contribution in [2.45, 2.75) is 77.9 Å². The van der Waals surface area contributed by atoms with Gasteiger partial charge >= 0.3 is 0 Å². The molecule has 0 fully saturated rings. The van der Waals surface area contributed by atoms with E-state index >= 15 is 0 Å². The molecule has 0 N–H and O–H groups in total. The average molecular weight is 350 g/mol. The Morgan fingerprint density at radius 2 is 1.88 bits per heavy atom. The van der Waals surface area contributed by atoms with E-state index in [0.29, 0.717) is 24.5 Å². The molecule has 0 amide bonds. The summed E-state index contributed by atoms with van der Waals surface area (Å²) in [5.41, 5.74) is 0.984. The Kier molecular flexibility index (Phi) is 10.7.